The number of halogens is 1. The van der Waals surface area contributed by atoms with E-state index in [1.807, 2.05) is 30.3 Å². The lowest BCUT2D eigenvalue weighted by atomic mass is 10.1. The number of rotatable bonds is 4. The summed E-state index contributed by atoms with van der Waals surface area (Å²) in [4.78, 5) is 3.97. The van der Waals surface area contributed by atoms with Crippen LogP contribution in [0.3, 0.4) is 0 Å². The standard InChI is InChI=1S/C15H11ClN2O2S/c16-15-17-14(18-21-15)13(19)10-6-8-12(9-7-10)20-11-4-2-1-3-5-11/h1-9,13,19H. The summed E-state index contributed by atoms with van der Waals surface area (Å²) in [7, 11) is 0. The Morgan fingerprint density at radius 1 is 1.00 bits per heavy atom. The first-order valence-electron chi connectivity index (χ1n) is 6.22. The third-order valence-electron chi connectivity index (χ3n) is 2.84. The summed E-state index contributed by atoms with van der Waals surface area (Å²) >= 11 is 6.77. The van der Waals surface area contributed by atoms with Gasteiger partial charge in [-0.05, 0) is 53.0 Å². The lowest BCUT2D eigenvalue weighted by Gasteiger charge is -2.09. The molecule has 3 aromatic rings. The lowest BCUT2D eigenvalue weighted by molar-refractivity contribution is 0.211. The number of para-hydroxylation sites is 1. The molecule has 4 nitrogen and oxygen atoms in total. The summed E-state index contributed by atoms with van der Waals surface area (Å²) < 4.78 is 10.0. The number of aliphatic hydroxyl groups is 1. The topological polar surface area (TPSA) is 55.2 Å². The molecule has 0 saturated carbocycles. The highest BCUT2D eigenvalue weighted by atomic mass is 35.5. The summed E-state index contributed by atoms with van der Waals surface area (Å²) in [6.07, 6.45) is -0.889. The molecule has 0 fully saturated rings. The van der Waals surface area contributed by atoms with E-state index in [1.54, 1.807) is 24.3 Å². The molecule has 106 valence electrons. The fourth-order valence-electron chi connectivity index (χ4n) is 1.82. The van der Waals surface area contributed by atoms with Gasteiger partial charge in [-0.15, -0.1) is 0 Å². The summed E-state index contributed by atoms with van der Waals surface area (Å²) in [5.74, 6) is 1.77. The molecule has 3 rings (SSSR count). The second-order valence-electron chi connectivity index (χ2n) is 4.29. The number of aliphatic hydroxyl groups excluding tert-OH is 1. The van der Waals surface area contributed by atoms with E-state index >= 15 is 0 Å². The Morgan fingerprint density at radius 3 is 2.29 bits per heavy atom. The molecule has 1 unspecified atom stereocenters. The molecule has 0 bridgehead atoms. The van der Waals surface area contributed by atoms with Crippen LogP contribution in [0.5, 0.6) is 11.5 Å². The molecule has 1 atom stereocenters. The Morgan fingerprint density at radius 2 is 1.67 bits per heavy atom. The van der Waals surface area contributed by atoms with E-state index in [2.05, 4.69) is 9.36 Å². The summed E-state index contributed by atoms with van der Waals surface area (Å²) in [6.45, 7) is 0. The lowest BCUT2D eigenvalue weighted by Crippen LogP contribution is -2.01. The molecular weight excluding hydrogens is 308 g/mol. The van der Waals surface area contributed by atoms with Crippen LogP contribution in [0, 0.1) is 0 Å². The van der Waals surface area contributed by atoms with Gasteiger partial charge in [0.25, 0.3) is 0 Å². The zero-order chi connectivity index (χ0) is 14.7. The van der Waals surface area contributed by atoms with Crippen molar-refractivity contribution in [1.29, 1.82) is 0 Å². The van der Waals surface area contributed by atoms with Crippen LogP contribution in [0.1, 0.15) is 17.5 Å². The minimum Gasteiger partial charge on any atom is -0.457 e. The van der Waals surface area contributed by atoms with Gasteiger partial charge in [-0.2, -0.15) is 4.37 Å². The summed E-state index contributed by atoms with van der Waals surface area (Å²) in [5.41, 5.74) is 0.685. The highest BCUT2D eigenvalue weighted by Gasteiger charge is 2.15. The van der Waals surface area contributed by atoms with Crippen LogP contribution in [0.15, 0.2) is 54.6 Å². The third kappa shape index (κ3) is 3.39. The number of hydrogen-bond donors (Lipinski definition) is 1. The van der Waals surface area contributed by atoms with Gasteiger partial charge in [-0.1, -0.05) is 30.3 Å². The van der Waals surface area contributed by atoms with E-state index < -0.39 is 6.10 Å². The van der Waals surface area contributed by atoms with Crippen molar-refractivity contribution < 1.29 is 9.84 Å². The van der Waals surface area contributed by atoms with Gasteiger partial charge in [0.2, 0.25) is 4.47 Å². The van der Waals surface area contributed by atoms with Gasteiger partial charge in [0, 0.05) is 0 Å². The Bertz CT molecular complexity index is 716. The van der Waals surface area contributed by atoms with E-state index in [0.29, 0.717) is 21.6 Å². The first kappa shape index (κ1) is 14.0. The van der Waals surface area contributed by atoms with E-state index in [-0.39, 0.29) is 0 Å². The molecule has 0 aliphatic heterocycles. The van der Waals surface area contributed by atoms with Crippen LogP contribution in [0.4, 0.5) is 0 Å². The molecule has 6 heteroatoms. The van der Waals surface area contributed by atoms with Gasteiger partial charge >= 0.3 is 0 Å². The van der Waals surface area contributed by atoms with Crippen molar-refractivity contribution in [1.82, 2.24) is 9.36 Å². The van der Waals surface area contributed by atoms with Crippen LogP contribution in [-0.4, -0.2) is 14.5 Å². The smallest absolute Gasteiger partial charge is 0.203 e. The molecule has 1 aromatic heterocycles. The monoisotopic (exact) mass is 318 g/mol. The van der Waals surface area contributed by atoms with E-state index in [4.69, 9.17) is 16.3 Å². The quantitative estimate of drug-likeness (QED) is 0.788. The minimum absolute atomic E-state index is 0.307. The molecule has 21 heavy (non-hydrogen) atoms. The highest BCUT2D eigenvalue weighted by molar-refractivity contribution is 7.10. The molecule has 0 radical (unpaired) electrons. The Balaban J connectivity index is 1.75. The van der Waals surface area contributed by atoms with Gasteiger partial charge in [0.05, 0.1) is 0 Å². The maximum absolute atomic E-state index is 10.2. The second kappa shape index (κ2) is 6.22. The van der Waals surface area contributed by atoms with Crippen molar-refractivity contribution in [2.24, 2.45) is 0 Å². The molecule has 1 N–H and O–H groups in total. The second-order valence-corrected chi connectivity index (χ2v) is 5.63. The SMILES string of the molecule is OC(c1ccc(Oc2ccccc2)cc1)c1nsc(Cl)n1. The molecule has 0 saturated heterocycles. The largest absolute Gasteiger partial charge is 0.457 e. The predicted molar refractivity (Wildman–Crippen MR) is 81.9 cm³/mol. The number of ether oxygens (including phenoxy) is 1. The summed E-state index contributed by atoms with van der Waals surface area (Å²) in [6, 6.07) is 16.6. The van der Waals surface area contributed by atoms with Crippen LogP contribution < -0.4 is 4.74 Å². The van der Waals surface area contributed by atoms with Gasteiger partial charge in [-0.3, -0.25) is 0 Å². The van der Waals surface area contributed by atoms with Crippen LogP contribution in [0.2, 0.25) is 4.47 Å². The average Bonchev–Trinajstić information content (AvgIpc) is 2.95. The van der Waals surface area contributed by atoms with Gasteiger partial charge in [0.1, 0.15) is 17.6 Å². The minimum atomic E-state index is -0.889. The normalized spacial score (nSPS) is 12.1. The van der Waals surface area contributed by atoms with Crippen molar-refractivity contribution in [2.75, 3.05) is 0 Å². The Hall–Kier alpha value is -1.95. The number of hydrogen-bond acceptors (Lipinski definition) is 5. The van der Waals surface area contributed by atoms with Gasteiger partial charge in [0.15, 0.2) is 5.82 Å². The van der Waals surface area contributed by atoms with Crippen molar-refractivity contribution in [3.8, 4) is 11.5 Å². The van der Waals surface area contributed by atoms with E-state index in [0.717, 1.165) is 17.3 Å². The van der Waals surface area contributed by atoms with E-state index in [9.17, 15) is 5.11 Å². The fraction of sp³-hybridized carbons (Fsp3) is 0.0667. The van der Waals surface area contributed by atoms with Crippen LogP contribution in [-0.2, 0) is 0 Å². The third-order valence-corrected chi connectivity index (χ3v) is 3.65. The number of nitrogens with zero attached hydrogens (tertiary/aromatic N) is 2. The zero-order valence-electron chi connectivity index (χ0n) is 10.8. The summed E-state index contributed by atoms with van der Waals surface area (Å²) in [5, 5.41) is 10.2. The van der Waals surface area contributed by atoms with Crippen molar-refractivity contribution >= 4 is 23.1 Å². The van der Waals surface area contributed by atoms with Crippen molar-refractivity contribution in [2.45, 2.75) is 6.10 Å². The molecule has 2 aromatic carbocycles. The van der Waals surface area contributed by atoms with Crippen LogP contribution in [0.25, 0.3) is 0 Å². The molecule has 1 heterocycles. The number of aromatic nitrogens is 2. The Labute approximate surface area is 130 Å². The maximum Gasteiger partial charge on any atom is 0.203 e. The van der Waals surface area contributed by atoms with Crippen molar-refractivity contribution in [3.05, 3.63) is 70.5 Å². The average molecular weight is 319 g/mol. The zero-order valence-corrected chi connectivity index (χ0v) is 12.4. The van der Waals surface area contributed by atoms with Gasteiger partial charge < -0.3 is 9.84 Å². The highest BCUT2D eigenvalue weighted by Crippen LogP contribution is 2.26. The molecule has 0 spiro atoms. The molecule has 0 aliphatic carbocycles. The van der Waals surface area contributed by atoms with Gasteiger partial charge in [-0.25, -0.2) is 4.98 Å². The molecule has 0 aliphatic rings. The Kier molecular flexibility index (Phi) is 4.15. The number of benzene rings is 2. The van der Waals surface area contributed by atoms with E-state index in [1.165, 1.54) is 0 Å². The molecular formula is C15H11ClN2O2S. The molecule has 0 amide bonds. The predicted octanol–water partition coefficient (Wildman–Crippen LogP) is 4.07. The maximum atomic E-state index is 10.2. The first-order valence-corrected chi connectivity index (χ1v) is 7.37. The first-order chi connectivity index (χ1) is 10.2. The fourth-order valence-corrected chi connectivity index (χ4v) is 2.45. The van der Waals surface area contributed by atoms with Crippen molar-refractivity contribution in [3.63, 3.8) is 0 Å². The van der Waals surface area contributed by atoms with Crippen LogP contribution >= 0.6 is 23.1 Å².